The lowest BCUT2D eigenvalue weighted by Crippen LogP contribution is -2.25. The molecule has 1 amide bonds. The minimum absolute atomic E-state index is 0.235. The normalized spacial score (nSPS) is 10.9. The molecule has 0 unspecified atom stereocenters. The third-order valence-corrected chi connectivity index (χ3v) is 4.86. The minimum atomic E-state index is -0.235. The molecule has 0 aliphatic rings. The Labute approximate surface area is 167 Å². The fraction of sp³-hybridized carbons (Fsp3) is 0.136. The topological polar surface area (TPSA) is 67.3 Å². The molecule has 5 nitrogen and oxygen atoms in total. The molecule has 2 N–H and O–H groups in total. The molecule has 0 saturated heterocycles. The smallest absolute Gasteiger partial charge is 0.287 e. The molecule has 0 spiro atoms. The van der Waals surface area contributed by atoms with Crippen LogP contribution in [-0.4, -0.2) is 24.5 Å². The zero-order valence-electron chi connectivity index (χ0n) is 15.3. The Hall–Kier alpha value is -3.18. The highest BCUT2D eigenvalue weighted by Crippen LogP contribution is 2.25. The molecule has 2 heterocycles. The van der Waals surface area contributed by atoms with Gasteiger partial charge in [0.15, 0.2) is 5.76 Å². The Kier molecular flexibility index (Phi) is 5.08. The molecule has 0 saturated carbocycles. The summed E-state index contributed by atoms with van der Waals surface area (Å²) in [5.41, 5.74) is 3.02. The molecule has 0 bridgehead atoms. The van der Waals surface area contributed by atoms with Crippen LogP contribution in [0.5, 0.6) is 5.75 Å². The predicted octanol–water partition coefficient (Wildman–Crippen LogP) is 5.06. The molecule has 142 valence electrons. The largest absolute Gasteiger partial charge is 0.497 e. The molecule has 0 fully saturated rings. The number of halogens is 1. The van der Waals surface area contributed by atoms with Crippen LogP contribution in [0.25, 0.3) is 22.2 Å². The van der Waals surface area contributed by atoms with Crippen LogP contribution in [0.1, 0.15) is 16.1 Å². The maximum absolute atomic E-state index is 12.4. The Morgan fingerprint density at radius 1 is 1.14 bits per heavy atom. The van der Waals surface area contributed by atoms with E-state index in [0.717, 1.165) is 27.8 Å². The first kappa shape index (κ1) is 18.2. The van der Waals surface area contributed by atoms with Gasteiger partial charge in [0.2, 0.25) is 0 Å². The maximum atomic E-state index is 12.4. The maximum Gasteiger partial charge on any atom is 0.287 e. The molecule has 28 heavy (non-hydrogen) atoms. The van der Waals surface area contributed by atoms with E-state index in [0.29, 0.717) is 23.7 Å². The van der Waals surface area contributed by atoms with E-state index in [4.69, 9.17) is 20.8 Å². The van der Waals surface area contributed by atoms with E-state index >= 15 is 0 Å². The van der Waals surface area contributed by atoms with Crippen molar-refractivity contribution in [1.29, 1.82) is 0 Å². The molecule has 0 aliphatic carbocycles. The summed E-state index contributed by atoms with van der Waals surface area (Å²) in [6.07, 6.45) is 2.67. The fourth-order valence-electron chi connectivity index (χ4n) is 3.13. The van der Waals surface area contributed by atoms with Crippen LogP contribution in [0.3, 0.4) is 0 Å². The number of furan rings is 1. The van der Waals surface area contributed by atoms with Gasteiger partial charge in [-0.3, -0.25) is 4.79 Å². The Morgan fingerprint density at radius 3 is 2.75 bits per heavy atom. The standard InChI is InChI=1S/C22H19ClN2O3/c1-27-17-6-7-18-15(13-25-19(18)12-17)10-11-24-22(26)21-9-8-20(28-21)14-2-4-16(23)5-3-14/h2-9,12-13,25H,10-11H2,1H3,(H,24,26). The molecule has 2 aromatic heterocycles. The van der Waals surface area contributed by atoms with Gasteiger partial charge in [0.25, 0.3) is 5.91 Å². The van der Waals surface area contributed by atoms with Crippen LogP contribution in [0.4, 0.5) is 0 Å². The summed E-state index contributed by atoms with van der Waals surface area (Å²) in [4.78, 5) is 15.6. The number of amides is 1. The summed E-state index contributed by atoms with van der Waals surface area (Å²) in [7, 11) is 1.65. The molecular formula is C22H19ClN2O3. The lowest BCUT2D eigenvalue weighted by molar-refractivity contribution is 0.0927. The van der Waals surface area contributed by atoms with Gasteiger partial charge in [-0.05, 0) is 60.5 Å². The van der Waals surface area contributed by atoms with E-state index in [1.54, 1.807) is 31.4 Å². The number of H-pyrrole nitrogens is 1. The van der Waals surface area contributed by atoms with Gasteiger partial charge >= 0.3 is 0 Å². The molecule has 6 heteroatoms. The molecule has 0 aliphatic heterocycles. The van der Waals surface area contributed by atoms with Crippen LogP contribution < -0.4 is 10.1 Å². The van der Waals surface area contributed by atoms with Crippen LogP contribution in [-0.2, 0) is 6.42 Å². The Morgan fingerprint density at radius 2 is 1.96 bits per heavy atom. The third kappa shape index (κ3) is 3.75. The van der Waals surface area contributed by atoms with E-state index in [1.807, 2.05) is 36.5 Å². The van der Waals surface area contributed by atoms with Crippen molar-refractivity contribution in [2.75, 3.05) is 13.7 Å². The summed E-state index contributed by atoms with van der Waals surface area (Å²) in [6.45, 7) is 0.509. The predicted molar refractivity (Wildman–Crippen MR) is 110 cm³/mol. The van der Waals surface area contributed by atoms with Crippen molar-refractivity contribution in [2.45, 2.75) is 6.42 Å². The van der Waals surface area contributed by atoms with Crippen molar-refractivity contribution in [1.82, 2.24) is 10.3 Å². The van der Waals surface area contributed by atoms with Crippen LogP contribution in [0, 0.1) is 0 Å². The zero-order valence-corrected chi connectivity index (χ0v) is 16.0. The summed E-state index contributed by atoms with van der Waals surface area (Å²) in [6, 6.07) is 16.7. The first-order valence-electron chi connectivity index (χ1n) is 8.92. The number of rotatable bonds is 6. The van der Waals surface area contributed by atoms with E-state index in [9.17, 15) is 4.79 Å². The quantitative estimate of drug-likeness (QED) is 0.480. The molecule has 4 aromatic rings. The summed E-state index contributed by atoms with van der Waals surface area (Å²) in [5.74, 6) is 1.49. The van der Waals surface area contributed by atoms with Gasteiger partial charge in [-0.2, -0.15) is 0 Å². The van der Waals surface area contributed by atoms with Crippen molar-refractivity contribution in [2.24, 2.45) is 0 Å². The number of ether oxygens (including phenoxy) is 1. The van der Waals surface area contributed by atoms with E-state index in [-0.39, 0.29) is 11.7 Å². The number of carbonyl (C=O) groups excluding carboxylic acids is 1. The number of nitrogens with one attached hydrogen (secondary N) is 2. The highest BCUT2D eigenvalue weighted by atomic mass is 35.5. The average molecular weight is 395 g/mol. The summed E-state index contributed by atoms with van der Waals surface area (Å²) >= 11 is 5.90. The molecule has 2 aromatic carbocycles. The lowest BCUT2D eigenvalue weighted by Gasteiger charge is -2.04. The summed E-state index contributed by atoms with van der Waals surface area (Å²) < 4.78 is 10.9. The van der Waals surface area contributed by atoms with Gasteiger partial charge in [0, 0.05) is 40.3 Å². The van der Waals surface area contributed by atoms with E-state index in [2.05, 4.69) is 10.3 Å². The number of hydrogen-bond donors (Lipinski definition) is 2. The first-order chi connectivity index (χ1) is 13.6. The number of methoxy groups -OCH3 is 1. The fourth-order valence-corrected chi connectivity index (χ4v) is 3.25. The van der Waals surface area contributed by atoms with Gasteiger partial charge in [0.1, 0.15) is 11.5 Å². The van der Waals surface area contributed by atoms with Gasteiger partial charge in [-0.25, -0.2) is 0 Å². The number of carbonyl (C=O) groups is 1. The van der Waals surface area contributed by atoms with Crippen molar-refractivity contribution < 1.29 is 13.9 Å². The van der Waals surface area contributed by atoms with E-state index < -0.39 is 0 Å². The van der Waals surface area contributed by atoms with Crippen LogP contribution >= 0.6 is 11.6 Å². The molecule has 4 rings (SSSR count). The van der Waals surface area contributed by atoms with Crippen molar-refractivity contribution in [3.05, 3.63) is 77.1 Å². The lowest BCUT2D eigenvalue weighted by atomic mass is 10.1. The summed E-state index contributed by atoms with van der Waals surface area (Å²) in [5, 5.41) is 4.69. The minimum Gasteiger partial charge on any atom is -0.497 e. The number of aromatic nitrogens is 1. The Bertz CT molecular complexity index is 1110. The first-order valence-corrected chi connectivity index (χ1v) is 9.30. The van der Waals surface area contributed by atoms with Gasteiger partial charge in [-0.15, -0.1) is 0 Å². The third-order valence-electron chi connectivity index (χ3n) is 4.61. The highest BCUT2D eigenvalue weighted by molar-refractivity contribution is 6.30. The van der Waals surface area contributed by atoms with Gasteiger partial charge in [-0.1, -0.05) is 11.6 Å². The number of fused-ring (bicyclic) bond motifs is 1. The van der Waals surface area contributed by atoms with Crippen molar-refractivity contribution in [3.8, 4) is 17.1 Å². The molecule has 0 radical (unpaired) electrons. The second-order valence-electron chi connectivity index (χ2n) is 6.40. The second-order valence-corrected chi connectivity index (χ2v) is 6.84. The molecule has 0 atom stereocenters. The zero-order chi connectivity index (χ0) is 19.5. The monoisotopic (exact) mass is 394 g/mol. The van der Waals surface area contributed by atoms with Gasteiger partial charge < -0.3 is 19.5 Å². The van der Waals surface area contributed by atoms with Gasteiger partial charge in [0.05, 0.1) is 7.11 Å². The van der Waals surface area contributed by atoms with Crippen LogP contribution in [0.2, 0.25) is 5.02 Å². The number of hydrogen-bond acceptors (Lipinski definition) is 3. The van der Waals surface area contributed by atoms with Crippen molar-refractivity contribution in [3.63, 3.8) is 0 Å². The number of aromatic amines is 1. The van der Waals surface area contributed by atoms with Crippen LogP contribution in [0.15, 0.2) is 65.2 Å². The SMILES string of the molecule is COc1ccc2c(CCNC(=O)c3ccc(-c4ccc(Cl)cc4)o3)c[nH]c2c1. The second kappa shape index (κ2) is 7.82. The van der Waals surface area contributed by atoms with E-state index in [1.165, 1.54) is 0 Å². The highest BCUT2D eigenvalue weighted by Gasteiger charge is 2.12. The molecular weight excluding hydrogens is 376 g/mol. The van der Waals surface area contributed by atoms with Crippen molar-refractivity contribution >= 4 is 28.4 Å². The number of benzene rings is 2. The average Bonchev–Trinajstić information content (AvgIpc) is 3.36. The Balaban J connectivity index is 1.38.